The second-order valence-corrected chi connectivity index (χ2v) is 6.09. The van der Waals surface area contributed by atoms with Crippen LogP contribution in [-0.2, 0) is 4.79 Å². The van der Waals surface area contributed by atoms with Gasteiger partial charge in [0, 0.05) is 10.1 Å². The SMILES string of the molecule is Cc1ccc(SC2CCCC2C(=O)O)cc1C. The molecule has 2 rings (SSSR count). The monoisotopic (exact) mass is 250 g/mol. The molecule has 2 unspecified atom stereocenters. The normalized spacial score (nSPS) is 23.9. The smallest absolute Gasteiger partial charge is 0.307 e. The third kappa shape index (κ3) is 2.83. The highest BCUT2D eigenvalue weighted by molar-refractivity contribution is 8.00. The summed E-state index contributed by atoms with van der Waals surface area (Å²) in [6, 6.07) is 6.38. The van der Waals surface area contributed by atoms with Gasteiger partial charge in [0.2, 0.25) is 0 Å². The van der Waals surface area contributed by atoms with Gasteiger partial charge in [-0.05, 0) is 49.9 Å². The predicted molar refractivity (Wildman–Crippen MR) is 70.5 cm³/mol. The van der Waals surface area contributed by atoms with Gasteiger partial charge in [-0.1, -0.05) is 12.5 Å². The Morgan fingerprint density at radius 1 is 1.29 bits per heavy atom. The van der Waals surface area contributed by atoms with Crippen molar-refractivity contribution in [2.75, 3.05) is 0 Å². The molecule has 1 N–H and O–H groups in total. The molecule has 1 fully saturated rings. The third-order valence-electron chi connectivity index (χ3n) is 3.54. The molecule has 1 saturated carbocycles. The van der Waals surface area contributed by atoms with Crippen molar-refractivity contribution in [3.05, 3.63) is 29.3 Å². The average Bonchev–Trinajstić information content (AvgIpc) is 2.72. The number of hydrogen-bond acceptors (Lipinski definition) is 2. The largest absolute Gasteiger partial charge is 0.481 e. The molecule has 1 aromatic carbocycles. The van der Waals surface area contributed by atoms with Gasteiger partial charge in [0.1, 0.15) is 0 Å². The van der Waals surface area contributed by atoms with Crippen LogP contribution in [0.15, 0.2) is 23.1 Å². The highest BCUT2D eigenvalue weighted by atomic mass is 32.2. The van der Waals surface area contributed by atoms with Crippen LogP contribution in [0, 0.1) is 19.8 Å². The number of aliphatic carboxylic acids is 1. The molecule has 92 valence electrons. The highest BCUT2D eigenvalue weighted by Crippen LogP contribution is 2.39. The van der Waals surface area contributed by atoms with Gasteiger partial charge in [0.15, 0.2) is 0 Å². The number of thioether (sulfide) groups is 1. The molecule has 2 atom stereocenters. The Kier molecular flexibility index (Phi) is 3.77. The van der Waals surface area contributed by atoms with Crippen molar-refractivity contribution in [3.63, 3.8) is 0 Å². The van der Waals surface area contributed by atoms with Gasteiger partial charge in [-0.15, -0.1) is 11.8 Å². The van der Waals surface area contributed by atoms with E-state index in [1.165, 1.54) is 16.0 Å². The first-order valence-electron chi connectivity index (χ1n) is 6.04. The van der Waals surface area contributed by atoms with Crippen molar-refractivity contribution in [1.82, 2.24) is 0 Å². The quantitative estimate of drug-likeness (QED) is 0.889. The molecule has 1 aromatic rings. The second kappa shape index (κ2) is 5.13. The summed E-state index contributed by atoms with van der Waals surface area (Å²) in [6.07, 6.45) is 2.89. The molecule has 0 heterocycles. The van der Waals surface area contributed by atoms with E-state index in [2.05, 4.69) is 32.0 Å². The first-order valence-corrected chi connectivity index (χ1v) is 6.92. The summed E-state index contributed by atoms with van der Waals surface area (Å²) >= 11 is 1.73. The van der Waals surface area contributed by atoms with Crippen LogP contribution >= 0.6 is 11.8 Å². The van der Waals surface area contributed by atoms with Gasteiger partial charge in [0.25, 0.3) is 0 Å². The lowest BCUT2D eigenvalue weighted by atomic mass is 10.1. The number of aryl methyl sites for hydroxylation is 2. The Morgan fingerprint density at radius 3 is 2.71 bits per heavy atom. The Hall–Kier alpha value is -0.960. The lowest BCUT2D eigenvalue weighted by Crippen LogP contribution is -2.19. The molecule has 3 heteroatoms. The summed E-state index contributed by atoms with van der Waals surface area (Å²) in [5.41, 5.74) is 2.57. The number of hydrogen-bond donors (Lipinski definition) is 1. The van der Waals surface area contributed by atoms with Crippen molar-refractivity contribution in [2.24, 2.45) is 5.92 Å². The number of carbonyl (C=O) groups is 1. The molecular weight excluding hydrogens is 232 g/mol. The van der Waals surface area contributed by atoms with Crippen LogP contribution in [0.25, 0.3) is 0 Å². The molecule has 0 bridgehead atoms. The Morgan fingerprint density at radius 2 is 2.06 bits per heavy atom. The minimum atomic E-state index is -0.635. The first-order chi connectivity index (χ1) is 8.08. The van der Waals surface area contributed by atoms with Crippen LogP contribution in [0.4, 0.5) is 0 Å². The fourth-order valence-electron chi connectivity index (χ4n) is 2.31. The molecule has 0 amide bonds. The van der Waals surface area contributed by atoms with Crippen LogP contribution in [0.1, 0.15) is 30.4 Å². The van der Waals surface area contributed by atoms with Gasteiger partial charge >= 0.3 is 5.97 Å². The van der Waals surface area contributed by atoms with Gasteiger partial charge in [-0.25, -0.2) is 0 Å². The summed E-state index contributed by atoms with van der Waals surface area (Å²) in [6.45, 7) is 4.20. The maximum absolute atomic E-state index is 11.1. The molecule has 0 radical (unpaired) electrons. The summed E-state index contributed by atoms with van der Waals surface area (Å²) in [7, 11) is 0. The fraction of sp³-hybridized carbons (Fsp3) is 0.500. The van der Waals surface area contributed by atoms with Crippen molar-refractivity contribution < 1.29 is 9.90 Å². The Labute approximate surface area is 106 Å². The molecule has 1 aliphatic carbocycles. The third-order valence-corrected chi connectivity index (χ3v) is 4.93. The van der Waals surface area contributed by atoms with Crippen LogP contribution in [0.2, 0.25) is 0 Å². The minimum Gasteiger partial charge on any atom is -0.481 e. The van der Waals surface area contributed by atoms with Crippen molar-refractivity contribution in [1.29, 1.82) is 0 Å². The van der Waals surface area contributed by atoms with Crippen LogP contribution in [-0.4, -0.2) is 16.3 Å². The van der Waals surface area contributed by atoms with Crippen molar-refractivity contribution in [2.45, 2.75) is 43.3 Å². The molecule has 1 aliphatic rings. The standard InChI is InChI=1S/C14H18O2S/c1-9-6-7-11(8-10(9)2)17-13-5-3-4-12(13)14(15)16/h6-8,12-13H,3-5H2,1-2H3,(H,15,16). The van der Waals surface area contributed by atoms with E-state index in [0.29, 0.717) is 0 Å². The number of carboxylic acid groups (broad SMARTS) is 1. The molecule has 2 nitrogen and oxygen atoms in total. The topological polar surface area (TPSA) is 37.3 Å². The van der Waals surface area contributed by atoms with Crippen LogP contribution in [0.5, 0.6) is 0 Å². The summed E-state index contributed by atoms with van der Waals surface area (Å²) in [5, 5.41) is 9.39. The van der Waals surface area contributed by atoms with Gasteiger partial charge < -0.3 is 5.11 Å². The van der Waals surface area contributed by atoms with E-state index in [0.717, 1.165) is 19.3 Å². The van der Waals surface area contributed by atoms with E-state index >= 15 is 0 Å². The molecule has 0 aromatic heterocycles. The van der Waals surface area contributed by atoms with E-state index in [4.69, 9.17) is 5.11 Å². The van der Waals surface area contributed by atoms with Crippen LogP contribution < -0.4 is 0 Å². The maximum Gasteiger partial charge on any atom is 0.307 e. The van der Waals surface area contributed by atoms with E-state index in [1.54, 1.807) is 11.8 Å². The summed E-state index contributed by atoms with van der Waals surface area (Å²) in [4.78, 5) is 12.3. The van der Waals surface area contributed by atoms with Crippen molar-refractivity contribution >= 4 is 17.7 Å². The van der Waals surface area contributed by atoms with Crippen LogP contribution in [0.3, 0.4) is 0 Å². The second-order valence-electron chi connectivity index (χ2n) is 4.78. The van der Waals surface area contributed by atoms with Gasteiger partial charge in [-0.2, -0.15) is 0 Å². The average molecular weight is 250 g/mol. The number of benzene rings is 1. The predicted octanol–water partition coefficient (Wildman–Crippen LogP) is 3.65. The minimum absolute atomic E-state index is 0.165. The number of carboxylic acids is 1. The van der Waals surface area contributed by atoms with Crippen molar-refractivity contribution in [3.8, 4) is 0 Å². The molecule has 0 aliphatic heterocycles. The maximum atomic E-state index is 11.1. The highest BCUT2D eigenvalue weighted by Gasteiger charge is 2.33. The molecule has 0 saturated heterocycles. The van der Waals surface area contributed by atoms with Gasteiger partial charge in [0.05, 0.1) is 5.92 Å². The summed E-state index contributed by atoms with van der Waals surface area (Å²) in [5.74, 6) is -0.801. The van der Waals surface area contributed by atoms with E-state index < -0.39 is 5.97 Å². The zero-order valence-electron chi connectivity index (χ0n) is 10.3. The fourth-order valence-corrected chi connectivity index (χ4v) is 3.75. The lowest BCUT2D eigenvalue weighted by Gasteiger charge is -2.15. The van der Waals surface area contributed by atoms with E-state index in [-0.39, 0.29) is 11.2 Å². The van der Waals surface area contributed by atoms with Gasteiger partial charge in [-0.3, -0.25) is 4.79 Å². The summed E-state index contributed by atoms with van der Waals surface area (Å²) < 4.78 is 0. The molecule has 0 spiro atoms. The van der Waals surface area contributed by atoms with E-state index in [1.807, 2.05) is 0 Å². The van der Waals surface area contributed by atoms with E-state index in [9.17, 15) is 4.79 Å². The first kappa shape index (κ1) is 12.5. The lowest BCUT2D eigenvalue weighted by molar-refractivity contribution is -0.141. The Balaban J connectivity index is 2.09. The number of rotatable bonds is 3. The zero-order valence-corrected chi connectivity index (χ0v) is 11.1. The molecule has 17 heavy (non-hydrogen) atoms. The molecular formula is C14H18O2S. The Bertz CT molecular complexity index is 428. The zero-order chi connectivity index (χ0) is 12.4.